The van der Waals surface area contributed by atoms with E-state index in [9.17, 15) is 4.79 Å². The van der Waals surface area contributed by atoms with Crippen molar-refractivity contribution in [3.8, 4) is 5.75 Å². The molecule has 1 aromatic heterocycles. The van der Waals surface area contributed by atoms with E-state index in [1.54, 1.807) is 30.7 Å². The Morgan fingerprint density at radius 2 is 2.35 bits per heavy atom. The molecule has 1 amide bonds. The van der Waals surface area contributed by atoms with Crippen molar-refractivity contribution in [3.63, 3.8) is 0 Å². The van der Waals surface area contributed by atoms with E-state index >= 15 is 0 Å². The Bertz CT molecular complexity index is 575. The summed E-state index contributed by atoms with van der Waals surface area (Å²) in [4.78, 5) is 18.5. The number of nitrogens with one attached hydrogen (secondary N) is 2. The number of amides is 1. The lowest BCUT2D eigenvalue weighted by atomic mass is 10.3. The molecule has 5 nitrogen and oxygen atoms in total. The van der Waals surface area contributed by atoms with E-state index in [4.69, 9.17) is 16.3 Å². The fraction of sp³-hybridized carbons (Fsp3) is 0.231. The van der Waals surface area contributed by atoms with Gasteiger partial charge in [0.1, 0.15) is 5.75 Å². The minimum atomic E-state index is -0.175. The van der Waals surface area contributed by atoms with E-state index in [1.165, 1.54) is 0 Å². The van der Waals surface area contributed by atoms with Crippen molar-refractivity contribution in [2.24, 2.45) is 0 Å². The maximum atomic E-state index is 11.6. The molecule has 0 saturated heterocycles. The third-order valence-electron chi connectivity index (χ3n) is 2.52. The van der Waals surface area contributed by atoms with E-state index in [0.717, 1.165) is 10.2 Å². The smallest absolute Gasteiger partial charge is 0.257 e. The van der Waals surface area contributed by atoms with Crippen LogP contribution in [-0.2, 0) is 11.2 Å². The van der Waals surface area contributed by atoms with Gasteiger partial charge in [-0.25, -0.2) is 4.98 Å². The minimum absolute atomic E-state index is 0.0385. The molecule has 1 aromatic carbocycles. The lowest BCUT2D eigenvalue weighted by Gasteiger charge is -2.08. The molecule has 0 bridgehead atoms. The normalized spacial score (nSPS) is 10.3. The zero-order valence-corrected chi connectivity index (χ0v) is 12.9. The second kappa shape index (κ2) is 7.31. The maximum Gasteiger partial charge on any atom is 0.257 e. The first-order valence-corrected chi connectivity index (χ1v) is 7.14. The Morgan fingerprint density at radius 3 is 3.05 bits per heavy atom. The summed E-state index contributed by atoms with van der Waals surface area (Å²) in [6.45, 7) is 0.495. The van der Waals surface area contributed by atoms with E-state index in [1.807, 2.05) is 0 Å². The molecule has 0 radical (unpaired) electrons. The number of benzene rings is 1. The van der Waals surface area contributed by atoms with Gasteiger partial charge in [-0.1, -0.05) is 11.6 Å². The zero-order chi connectivity index (χ0) is 14.4. The van der Waals surface area contributed by atoms with Crippen LogP contribution in [0.15, 0.2) is 35.2 Å². The van der Waals surface area contributed by atoms with Crippen molar-refractivity contribution in [1.82, 2.24) is 15.3 Å². The van der Waals surface area contributed by atoms with Crippen molar-refractivity contribution in [2.45, 2.75) is 6.42 Å². The summed E-state index contributed by atoms with van der Waals surface area (Å²) < 4.78 is 6.12. The van der Waals surface area contributed by atoms with Crippen molar-refractivity contribution in [3.05, 3.63) is 45.9 Å². The summed E-state index contributed by atoms with van der Waals surface area (Å²) in [7, 11) is 0. The van der Waals surface area contributed by atoms with Crippen molar-refractivity contribution >= 4 is 33.4 Å². The summed E-state index contributed by atoms with van der Waals surface area (Å²) in [5.41, 5.74) is 0.978. The highest BCUT2D eigenvalue weighted by molar-refractivity contribution is 9.10. The van der Waals surface area contributed by atoms with Gasteiger partial charge in [-0.2, -0.15) is 0 Å². The van der Waals surface area contributed by atoms with E-state index < -0.39 is 0 Å². The quantitative estimate of drug-likeness (QED) is 0.834. The summed E-state index contributed by atoms with van der Waals surface area (Å²) >= 11 is 9.15. The molecule has 0 aliphatic carbocycles. The lowest BCUT2D eigenvalue weighted by Crippen LogP contribution is -2.30. The van der Waals surface area contributed by atoms with Crippen LogP contribution < -0.4 is 10.1 Å². The van der Waals surface area contributed by atoms with E-state index in [2.05, 4.69) is 31.2 Å². The number of carbonyl (C=O) groups excluding carboxylic acids is 1. The Balaban J connectivity index is 1.72. The highest BCUT2D eigenvalue weighted by Gasteiger charge is 2.06. The molecule has 0 saturated carbocycles. The number of aromatic nitrogens is 2. The Morgan fingerprint density at radius 1 is 1.50 bits per heavy atom. The van der Waals surface area contributed by atoms with Gasteiger partial charge in [-0.05, 0) is 34.1 Å². The van der Waals surface area contributed by atoms with Gasteiger partial charge in [0, 0.05) is 29.9 Å². The van der Waals surface area contributed by atoms with Gasteiger partial charge >= 0.3 is 0 Å². The number of ether oxygens (including phenoxy) is 1. The first kappa shape index (κ1) is 14.9. The number of hydrogen-bond acceptors (Lipinski definition) is 3. The molecular weight excluding hydrogens is 346 g/mol. The van der Waals surface area contributed by atoms with Crippen LogP contribution in [-0.4, -0.2) is 29.0 Å². The molecule has 2 aromatic rings. The molecule has 20 heavy (non-hydrogen) atoms. The van der Waals surface area contributed by atoms with Crippen molar-refractivity contribution < 1.29 is 9.53 Å². The number of carbonyl (C=O) groups is 1. The number of nitrogens with zero attached hydrogens (tertiary/aromatic N) is 1. The third kappa shape index (κ3) is 4.54. The van der Waals surface area contributed by atoms with Crippen LogP contribution in [0.3, 0.4) is 0 Å². The number of halogens is 2. The van der Waals surface area contributed by atoms with Crippen LogP contribution >= 0.6 is 27.5 Å². The molecule has 1 heterocycles. The van der Waals surface area contributed by atoms with Gasteiger partial charge in [0.25, 0.3) is 5.91 Å². The molecule has 106 valence electrons. The predicted octanol–water partition coefficient (Wildman–Crippen LogP) is 2.56. The van der Waals surface area contributed by atoms with Gasteiger partial charge in [-0.3, -0.25) is 4.79 Å². The molecule has 2 N–H and O–H groups in total. The van der Waals surface area contributed by atoms with Gasteiger partial charge < -0.3 is 15.0 Å². The Hall–Kier alpha value is -1.53. The molecule has 0 aliphatic heterocycles. The molecule has 7 heteroatoms. The standard InChI is InChI=1S/C13H13BrClN3O2/c14-11-5-9(15)1-2-12(11)20-7-13(19)17-4-3-10-6-16-8-18-10/h1-2,5-6,8H,3-4,7H2,(H,16,18)(H,17,19). The topological polar surface area (TPSA) is 67.0 Å². The first-order valence-electron chi connectivity index (χ1n) is 5.97. The van der Waals surface area contributed by atoms with Gasteiger partial charge in [0.05, 0.1) is 10.8 Å². The molecular formula is C13H13BrClN3O2. The van der Waals surface area contributed by atoms with Crippen molar-refractivity contribution in [1.29, 1.82) is 0 Å². The molecule has 0 aliphatic rings. The first-order chi connectivity index (χ1) is 9.65. The monoisotopic (exact) mass is 357 g/mol. The van der Waals surface area contributed by atoms with Crippen LogP contribution in [0, 0.1) is 0 Å². The van der Waals surface area contributed by atoms with Crippen LogP contribution in [0.5, 0.6) is 5.75 Å². The number of rotatable bonds is 6. The zero-order valence-electron chi connectivity index (χ0n) is 10.5. The highest BCUT2D eigenvalue weighted by Crippen LogP contribution is 2.27. The molecule has 0 fully saturated rings. The Kier molecular flexibility index (Phi) is 5.43. The van der Waals surface area contributed by atoms with Crippen LogP contribution in [0.2, 0.25) is 5.02 Å². The molecule has 0 unspecified atom stereocenters. The Labute approximate surface area is 129 Å². The van der Waals surface area contributed by atoms with Gasteiger partial charge in [0.15, 0.2) is 6.61 Å². The van der Waals surface area contributed by atoms with Gasteiger partial charge in [-0.15, -0.1) is 0 Å². The molecule has 2 rings (SSSR count). The van der Waals surface area contributed by atoms with Crippen LogP contribution in [0.1, 0.15) is 5.69 Å². The van der Waals surface area contributed by atoms with E-state index in [-0.39, 0.29) is 12.5 Å². The molecule has 0 atom stereocenters. The third-order valence-corrected chi connectivity index (χ3v) is 3.38. The van der Waals surface area contributed by atoms with Crippen molar-refractivity contribution in [2.75, 3.05) is 13.2 Å². The second-order valence-electron chi connectivity index (χ2n) is 4.04. The highest BCUT2D eigenvalue weighted by atomic mass is 79.9. The largest absolute Gasteiger partial charge is 0.483 e. The number of H-pyrrole nitrogens is 1. The number of aromatic amines is 1. The fourth-order valence-electron chi connectivity index (χ4n) is 1.54. The lowest BCUT2D eigenvalue weighted by molar-refractivity contribution is -0.123. The van der Waals surface area contributed by atoms with E-state index in [0.29, 0.717) is 23.7 Å². The SMILES string of the molecule is O=C(COc1ccc(Cl)cc1Br)NCCc1cnc[nH]1. The maximum absolute atomic E-state index is 11.6. The van der Waals surface area contributed by atoms with Crippen LogP contribution in [0.4, 0.5) is 0 Å². The van der Waals surface area contributed by atoms with Crippen LogP contribution in [0.25, 0.3) is 0 Å². The summed E-state index contributed by atoms with van der Waals surface area (Å²) in [6, 6.07) is 5.13. The number of hydrogen-bond donors (Lipinski definition) is 2. The minimum Gasteiger partial charge on any atom is -0.483 e. The average molecular weight is 359 g/mol. The predicted molar refractivity (Wildman–Crippen MR) is 79.9 cm³/mol. The average Bonchev–Trinajstić information content (AvgIpc) is 2.91. The molecule has 0 spiro atoms. The summed E-state index contributed by atoms with van der Waals surface area (Å²) in [6.07, 6.45) is 4.04. The second-order valence-corrected chi connectivity index (χ2v) is 5.33. The summed E-state index contributed by atoms with van der Waals surface area (Å²) in [5, 5.41) is 3.37. The van der Waals surface area contributed by atoms with Gasteiger partial charge in [0.2, 0.25) is 0 Å². The fourth-order valence-corrected chi connectivity index (χ4v) is 2.34. The number of imidazole rings is 1. The summed E-state index contributed by atoms with van der Waals surface area (Å²) in [5.74, 6) is 0.407.